The second-order valence-corrected chi connectivity index (χ2v) is 7.12. The van der Waals surface area contributed by atoms with Crippen molar-refractivity contribution in [2.24, 2.45) is 5.92 Å². The molecular weight excluding hydrogens is 363 g/mol. The van der Waals surface area contributed by atoms with Crippen molar-refractivity contribution in [3.05, 3.63) is 35.1 Å². The number of alkyl halides is 2. The maximum absolute atomic E-state index is 12.1. The third-order valence-electron chi connectivity index (χ3n) is 4.21. The summed E-state index contributed by atoms with van der Waals surface area (Å²) < 4.78 is 9.41. The molecule has 3 rings (SSSR count). The van der Waals surface area contributed by atoms with Crippen molar-refractivity contribution in [2.45, 2.75) is 44.9 Å². The number of Topliss-reactive ketones (excluding diaryl/α,β-unsaturated/α-hetero) is 1. The molecule has 0 aliphatic heterocycles. The van der Waals surface area contributed by atoms with Crippen LogP contribution in [-0.2, 0) is 16.0 Å². The van der Waals surface area contributed by atoms with E-state index in [1.165, 1.54) is 0 Å². The second kappa shape index (κ2) is 7.79. The van der Waals surface area contributed by atoms with Crippen LogP contribution in [0.15, 0.2) is 22.6 Å². The number of esters is 1. The van der Waals surface area contributed by atoms with Crippen LogP contribution in [0.1, 0.15) is 48.9 Å². The first-order valence-corrected chi connectivity index (χ1v) is 9.20. The molecule has 1 aliphatic carbocycles. The third-order valence-corrected chi connectivity index (χ3v) is 5.25. The molecule has 1 aliphatic rings. The van der Waals surface area contributed by atoms with Gasteiger partial charge in [0, 0.05) is 17.7 Å². The van der Waals surface area contributed by atoms with Crippen LogP contribution in [0.4, 0.5) is 0 Å². The first-order valence-electron chi connectivity index (χ1n) is 8.44. The van der Waals surface area contributed by atoms with Crippen LogP contribution in [0.25, 0.3) is 11.0 Å². The molecule has 0 radical (unpaired) electrons. The zero-order valence-corrected chi connectivity index (χ0v) is 16.3. The fourth-order valence-electron chi connectivity index (χ4n) is 2.92. The largest absolute Gasteiger partial charge is 0.462 e. The van der Waals surface area contributed by atoms with Gasteiger partial charge < -0.3 is 9.15 Å². The molecular formula is C19H22Cl2O4. The molecule has 1 fully saturated rings. The van der Waals surface area contributed by atoms with Gasteiger partial charge in [-0.15, -0.1) is 0 Å². The molecule has 1 atom stereocenters. The number of rotatable bonds is 4. The Bertz CT molecular complexity index is 792. The summed E-state index contributed by atoms with van der Waals surface area (Å²) in [6.45, 7) is 7.80. The number of benzene rings is 1. The number of hydrogen-bond acceptors (Lipinski definition) is 4. The van der Waals surface area contributed by atoms with E-state index in [0.29, 0.717) is 41.7 Å². The van der Waals surface area contributed by atoms with E-state index in [4.69, 9.17) is 32.4 Å². The summed E-state index contributed by atoms with van der Waals surface area (Å²) in [6, 6.07) is 5.59. The maximum Gasteiger partial charge on any atom is 0.342 e. The number of ketones is 1. The number of furan rings is 1. The van der Waals surface area contributed by atoms with Crippen molar-refractivity contribution in [1.29, 1.82) is 0 Å². The highest BCUT2D eigenvalue weighted by Gasteiger charge is 2.52. The number of aryl methyl sites for hydroxylation is 1. The quantitative estimate of drug-likeness (QED) is 0.533. The molecule has 1 aromatic heterocycles. The highest BCUT2D eigenvalue weighted by atomic mass is 35.5. The van der Waals surface area contributed by atoms with Crippen LogP contribution < -0.4 is 0 Å². The summed E-state index contributed by atoms with van der Waals surface area (Å²) in [5, 5.41) is 0.707. The molecule has 0 spiro atoms. The number of carbonyl (C=O) groups is 2. The van der Waals surface area contributed by atoms with E-state index in [2.05, 4.69) is 0 Å². The van der Waals surface area contributed by atoms with Gasteiger partial charge >= 0.3 is 5.97 Å². The van der Waals surface area contributed by atoms with E-state index < -0.39 is 10.3 Å². The fraction of sp³-hybridized carbons (Fsp3) is 0.474. The average molecular weight is 385 g/mol. The Labute approximate surface area is 157 Å². The minimum Gasteiger partial charge on any atom is -0.462 e. The number of hydrogen-bond donors (Lipinski definition) is 0. The van der Waals surface area contributed by atoms with Gasteiger partial charge in [-0.05, 0) is 38.0 Å². The van der Waals surface area contributed by atoms with Gasteiger partial charge in [0.05, 0.1) is 6.61 Å². The van der Waals surface area contributed by atoms with Crippen molar-refractivity contribution < 1.29 is 18.7 Å². The van der Waals surface area contributed by atoms with Gasteiger partial charge in [0.1, 0.15) is 16.9 Å². The summed E-state index contributed by atoms with van der Waals surface area (Å²) in [4.78, 5) is 23.6. The first kappa shape index (κ1) is 19.8. The molecule has 25 heavy (non-hydrogen) atoms. The summed E-state index contributed by atoms with van der Waals surface area (Å²) in [5.41, 5.74) is 2.02. The Morgan fingerprint density at radius 3 is 2.60 bits per heavy atom. The van der Waals surface area contributed by atoms with E-state index in [9.17, 15) is 9.59 Å². The Kier molecular flexibility index (Phi) is 6.17. The summed E-state index contributed by atoms with van der Waals surface area (Å²) in [5.74, 6) is -0.129. The summed E-state index contributed by atoms with van der Waals surface area (Å²) >= 11 is 12.1. The van der Waals surface area contributed by atoms with Crippen LogP contribution in [0, 0.1) is 12.8 Å². The molecule has 0 bridgehead atoms. The molecule has 1 aromatic carbocycles. The highest BCUT2D eigenvalue weighted by molar-refractivity contribution is 6.60. The Morgan fingerprint density at radius 2 is 2.04 bits per heavy atom. The van der Waals surface area contributed by atoms with Crippen LogP contribution in [-0.4, -0.2) is 22.7 Å². The molecule has 136 valence electrons. The van der Waals surface area contributed by atoms with Crippen LogP contribution >= 0.6 is 23.2 Å². The lowest BCUT2D eigenvalue weighted by Crippen LogP contribution is -2.48. The van der Waals surface area contributed by atoms with Crippen LogP contribution in [0.2, 0.25) is 0 Å². The maximum atomic E-state index is 12.1. The zero-order chi connectivity index (χ0) is 18.8. The number of ether oxygens (including phenoxy) is 1. The summed E-state index contributed by atoms with van der Waals surface area (Å²) in [7, 11) is 0. The summed E-state index contributed by atoms with van der Waals surface area (Å²) in [6.07, 6.45) is 0.946. The molecule has 0 amide bonds. The third kappa shape index (κ3) is 3.70. The monoisotopic (exact) mass is 384 g/mol. The Morgan fingerprint density at radius 1 is 1.36 bits per heavy atom. The van der Waals surface area contributed by atoms with Gasteiger partial charge in [-0.25, -0.2) is 4.79 Å². The molecule has 0 N–H and O–H groups in total. The van der Waals surface area contributed by atoms with Crippen molar-refractivity contribution in [3.8, 4) is 0 Å². The van der Waals surface area contributed by atoms with Gasteiger partial charge in [-0.2, -0.15) is 0 Å². The Balaban J connectivity index is 0.00000109. The smallest absolute Gasteiger partial charge is 0.342 e. The fourth-order valence-corrected chi connectivity index (χ4v) is 3.38. The van der Waals surface area contributed by atoms with Gasteiger partial charge in [0.2, 0.25) is 0 Å². The molecule has 2 aromatic rings. The van der Waals surface area contributed by atoms with E-state index in [1.54, 1.807) is 13.8 Å². The van der Waals surface area contributed by atoms with Crippen molar-refractivity contribution in [1.82, 2.24) is 0 Å². The average Bonchev–Trinajstić information content (AvgIpc) is 2.92. The lowest BCUT2D eigenvalue weighted by molar-refractivity contribution is -0.128. The van der Waals surface area contributed by atoms with Crippen molar-refractivity contribution >= 4 is 45.9 Å². The minimum atomic E-state index is -1.30. The first-order chi connectivity index (χ1) is 11.8. The van der Waals surface area contributed by atoms with Crippen molar-refractivity contribution in [2.75, 3.05) is 6.61 Å². The number of carbonyl (C=O) groups excluding carboxylic acids is 2. The van der Waals surface area contributed by atoms with Crippen molar-refractivity contribution in [3.63, 3.8) is 0 Å². The van der Waals surface area contributed by atoms with Gasteiger partial charge in [0.15, 0.2) is 10.1 Å². The van der Waals surface area contributed by atoms with Gasteiger partial charge in [-0.3, -0.25) is 4.79 Å². The SMILES string of the molecule is CC.CCOC(=O)c1c(C)oc2ccc(CC3CC(=O)C3(Cl)Cl)cc12. The lowest BCUT2D eigenvalue weighted by Gasteiger charge is -2.37. The minimum absolute atomic E-state index is 0.116. The molecule has 6 heteroatoms. The zero-order valence-electron chi connectivity index (χ0n) is 14.8. The Hall–Kier alpha value is -1.52. The second-order valence-electron chi connectivity index (χ2n) is 5.74. The lowest BCUT2D eigenvalue weighted by atomic mass is 9.78. The number of halogens is 2. The predicted octanol–water partition coefficient (Wildman–Crippen LogP) is 5.25. The molecule has 1 heterocycles. The van der Waals surface area contributed by atoms with E-state index in [-0.39, 0.29) is 11.7 Å². The predicted molar refractivity (Wildman–Crippen MR) is 99.5 cm³/mol. The van der Waals surface area contributed by atoms with E-state index >= 15 is 0 Å². The standard InChI is InChI=1S/C17H16Cl2O4.C2H6/c1-3-22-16(21)15-9(2)23-13-5-4-10(7-12(13)15)6-11-8-14(20)17(11,18)19;1-2/h4-5,7,11H,3,6,8H2,1-2H3;1-2H3. The van der Waals surface area contributed by atoms with Crippen LogP contribution in [0.5, 0.6) is 0 Å². The number of fused-ring (bicyclic) bond motifs is 1. The normalized spacial score (nSPS) is 18.3. The molecule has 4 nitrogen and oxygen atoms in total. The van der Waals surface area contributed by atoms with Gasteiger partial charge in [-0.1, -0.05) is 43.1 Å². The van der Waals surface area contributed by atoms with E-state index in [1.807, 2.05) is 32.0 Å². The van der Waals surface area contributed by atoms with E-state index in [0.717, 1.165) is 5.56 Å². The highest BCUT2D eigenvalue weighted by Crippen LogP contribution is 2.46. The molecule has 1 unspecified atom stereocenters. The van der Waals surface area contributed by atoms with Crippen LogP contribution in [0.3, 0.4) is 0 Å². The molecule has 1 saturated carbocycles. The molecule has 0 saturated heterocycles. The van der Waals surface area contributed by atoms with Gasteiger partial charge in [0.25, 0.3) is 0 Å². The topological polar surface area (TPSA) is 56.5 Å².